The van der Waals surface area contributed by atoms with Crippen LogP contribution >= 0.6 is 0 Å². The Labute approximate surface area is 169 Å². The maximum absolute atomic E-state index is 13.4. The Balaban J connectivity index is 1.42. The van der Waals surface area contributed by atoms with Crippen molar-refractivity contribution in [3.63, 3.8) is 0 Å². The van der Waals surface area contributed by atoms with E-state index in [1.54, 1.807) is 6.20 Å². The fourth-order valence-corrected chi connectivity index (χ4v) is 4.92. The van der Waals surface area contributed by atoms with Crippen LogP contribution in [-0.4, -0.2) is 45.2 Å². The number of pyridine rings is 1. The molecule has 1 fully saturated rings. The van der Waals surface area contributed by atoms with Crippen molar-refractivity contribution in [3.05, 3.63) is 46.7 Å². The van der Waals surface area contributed by atoms with Gasteiger partial charge in [0, 0.05) is 49.1 Å². The minimum atomic E-state index is 0.112. The minimum Gasteiger partial charge on any atom is -0.465 e. The van der Waals surface area contributed by atoms with E-state index in [2.05, 4.69) is 11.1 Å². The molecule has 29 heavy (non-hydrogen) atoms. The van der Waals surface area contributed by atoms with E-state index in [0.717, 1.165) is 78.0 Å². The van der Waals surface area contributed by atoms with E-state index in [9.17, 15) is 4.79 Å². The molecule has 152 valence electrons. The second kappa shape index (κ2) is 7.30. The molecule has 1 atom stereocenters. The van der Waals surface area contributed by atoms with Gasteiger partial charge in [-0.25, -0.2) is 9.67 Å². The molecule has 5 rings (SSSR count). The first-order chi connectivity index (χ1) is 14.2. The first-order valence-electron chi connectivity index (χ1n) is 10.6. The summed E-state index contributed by atoms with van der Waals surface area (Å²) in [4.78, 5) is 19.8. The second-order valence-corrected chi connectivity index (χ2v) is 8.15. The Bertz CT molecular complexity index is 1070. The van der Waals surface area contributed by atoms with Crippen LogP contribution in [0.15, 0.2) is 22.7 Å². The number of nitrogens with two attached hydrogens (primary N) is 1. The first-order valence-corrected chi connectivity index (χ1v) is 10.6. The van der Waals surface area contributed by atoms with Crippen LogP contribution in [0.5, 0.6) is 0 Å². The molecule has 0 spiro atoms. The Morgan fingerprint density at radius 1 is 1.34 bits per heavy atom. The topological polar surface area (TPSA) is 90.2 Å². The molecule has 1 aliphatic heterocycles. The highest BCUT2D eigenvalue weighted by Gasteiger charge is 2.34. The van der Waals surface area contributed by atoms with Gasteiger partial charge >= 0.3 is 0 Å². The van der Waals surface area contributed by atoms with Crippen molar-refractivity contribution in [2.45, 2.75) is 51.5 Å². The molecular formula is C22H27N5O2. The van der Waals surface area contributed by atoms with Crippen LogP contribution in [0.1, 0.15) is 58.3 Å². The third kappa shape index (κ3) is 3.04. The number of carbonyl (C=O) groups is 1. The molecular weight excluding hydrogens is 366 g/mol. The summed E-state index contributed by atoms with van der Waals surface area (Å²) in [5.74, 6) is 2.12. The van der Waals surface area contributed by atoms with Gasteiger partial charge in [0.2, 0.25) is 0 Å². The summed E-state index contributed by atoms with van der Waals surface area (Å²) in [5, 5.41) is 5.89. The van der Waals surface area contributed by atoms with Gasteiger partial charge in [0.1, 0.15) is 11.5 Å². The molecule has 2 aliphatic rings. The van der Waals surface area contributed by atoms with E-state index in [0.29, 0.717) is 19.6 Å². The fraction of sp³-hybridized carbons (Fsp3) is 0.500. The number of carbonyl (C=O) groups excluding carboxylic acids is 1. The summed E-state index contributed by atoms with van der Waals surface area (Å²) < 4.78 is 7.83. The standard InChI is InChI=1S/C22H27N5O2/c1-14-19(16-5-2-3-7-18(16)29-14)22(28)26-11-8-15(13-26)20-17-6-4-10-24-21(17)27(25-20)12-9-23/h4,6,10,15H,2-3,5,7-9,11-13,23H2,1H3/t15-/m0/s1. The third-order valence-electron chi connectivity index (χ3n) is 6.30. The summed E-state index contributed by atoms with van der Waals surface area (Å²) >= 11 is 0. The second-order valence-electron chi connectivity index (χ2n) is 8.15. The van der Waals surface area contributed by atoms with Crippen LogP contribution in [0.3, 0.4) is 0 Å². The molecule has 7 nitrogen and oxygen atoms in total. The quantitative estimate of drug-likeness (QED) is 0.736. The Kier molecular flexibility index (Phi) is 4.62. The van der Waals surface area contributed by atoms with Crippen molar-refractivity contribution in [1.82, 2.24) is 19.7 Å². The number of aromatic nitrogens is 3. The fourth-order valence-electron chi connectivity index (χ4n) is 4.92. The molecule has 0 bridgehead atoms. The number of hydrogen-bond donors (Lipinski definition) is 1. The van der Waals surface area contributed by atoms with E-state index >= 15 is 0 Å². The Hall–Kier alpha value is -2.67. The number of amides is 1. The summed E-state index contributed by atoms with van der Waals surface area (Å²) in [6.45, 7) is 4.51. The van der Waals surface area contributed by atoms with Crippen molar-refractivity contribution in [1.29, 1.82) is 0 Å². The normalized spacial score (nSPS) is 19.1. The van der Waals surface area contributed by atoms with Crippen LogP contribution in [0.2, 0.25) is 0 Å². The summed E-state index contributed by atoms with van der Waals surface area (Å²) in [6.07, 6.45) is 6.87. The minimum absolute atomic E-state index is 0.112. The maximum atomic E-state index is 13.4. The lowest BCUT2D eigenvalue weighted by atomic mass is 9.94. The number of rotatable bonds is 4. The molecule has 1 aliphatic carbocycles. The van der Waals surface area contributed by atoms with Crippen molar-refractivity contribution in [2.75, 3.05) is 19.6 Å². The molecule has 3 aromatic rings. The van der Waals surface area contributed by atoms with Crippen molar-refractivity contribution >= 4 is 16.9 Å². The van der Waals surface area contributed by atoms with Gasteiger partial charge < -0.3 is 15.1 Å². The number of likely N-dealkylation sites (tertiary alicyclic amines) is 1. The molecule has 7 heteroatoms. The molecule has 0 radical (unpaired) electrons. The van der Waals surface area contributed by atoms with E-state index in [1.807, 2.05) is 22.6 Å². The monoisotopic (exact) mass is 393 g/mol. The predicted octanol–water partition coefficient (Wildman–Crippen LogP) is 2.80. The molecule has 4 heterocycles. The first kappa shape index (κ1) is 18.4. The van der Waals surface area contributed by atoms with E-state index < -0.39 is 0 Å². The average molecular weight is 393 g/mol. The van der Waals surface area contributed by atoms with Gasteiger partial charge in [-0.3, -0.25) is 4.79 Å². The van der Waals surface area contributed by atoms with Crippen molar-refractivity contribution < 1.29 is 9.21 Å². The number of fused-ring (bicyclic) bond motifs is 2. The van der Waals surface area contributed by atoms with Crippen molar-refractivity contribution in [3.8, 4) is 0 Å². The number of aryl methyl sites for hydroxylation is 2. The molecule has 2 N–H and O–H groups in total. The van der Waals surface area contributed by atoms with Gasteiger partial charge in [0.25, 0.3) is 5.91 Å². The summed E-state index contributed by atoms with van der Waals surface area (Å²) in [5.41, 5.74) is 9.60. The van der Waals surface area contributed by atoms with Crippen LogP contribution in [0.25, 0.3) is 11.0 Å². The zero-order valence-electron chi connectivity index (χ0n) is 16.9. The predicted molar refractivity (Wildman–Crippen MR) is 110 cm³/mol. The SMILES string of the molecule is Cc1oc2c(c1C(=O)N1CC[C@H](c3nn(CCN)c4ncccc34)C1)CCCC2. The molecule has 0 aromatic carbocycles. The number of furan rings is 1. The molecule has 3 aromatic heterocycles. The Morgan fingerprint density at radius 2 is 2.21 bits per heavy atom. The van der Waals surface area contributed by atoms with Gasteiger partial charge in [-0.05, 0) is 44.7 Å². The van der Waals surface area contributed by atoms with Crippen LogP contribution in [-0.2, 0) is 19.4 Å². The average Bonchev–Trinajstić information content (AvgIpc) is 3.43. The Morgan fingerprint density at radius 3 is 3.07 bits per heavy atom. The highest BCUT2D eigenvalue weighted by Crippen LogP contribution is 2.35. The van der Waals surface area contributed by atoms with E-state index in [4.69, 9.17) is 15.2 Å². The zero-order chi connectivity index (χ0) is 20.0. The van der Waals surface area contributed by atoms with Crippen LogP contribution < -0.4 is 5.73 Å². The van der Waals surface area contributed by atoms with E-state index in [-0.39, 0.29) is 11.8 Å². The van der Waals surface area contributed by atoms with Gasteiger partial charge in [0.15, 0.2) is 5.65 Å². The molecule has 0 saturated carbocycles. The number of nitrogens with zero attached hydrogens (tertiary/aromatic N) is 4. The molecule has 0 unspecified atom stereocenters. The van der Waals surface area contributed by atoms with Gasteiger partial charge in [-0.2, -0.15) is 5.10 Å². The van der Waals surface area contributed by atoms with Gasteiger partial charge in [0.05, 0.1) is 17.8 Å². The van der Waals surface area contributed by atoms with Gasteiger partial charge in [-0.15, -0.1) is 0 Å². The largest absolute Gasteiger partial charge is 0.465 e. The molecule has 1 amide bonds. The van der Waals surface area contributed by atoms with Crippen LogP contribution in [0, 0.1) is 6.92 Å². The van der Waals surface area contributed by atoms with E-state index in [1.165, 1.54) is 0 Å². The highest BCUT2D eigenvalue weighted by atomic mass is 16.3. The summed E-state index contributed by atoms with van der Waals surface area (Å²) in [7, 11) is 0. The lowest BCUT2D eigenvalue weighted by molar-refractivity contribution is 0.0788. The maximum Gasteiger partial charge on any atom is 0.257 e. The smallest absolute Gasteiger partial charge is 0.257 e. The zero-order valence-corrected chi connectivity index (χ0v) is 16.9. The summed E-state index contributed by atoms with van der Waals surface area (Å²) in [6, 6.07) is 4.01. The van der Waals surface area contributed by atoms with Crippen molar-refractivity contribution in [2.24, 2.45) is 5.73 Å². The number of hydrogen-bond acceptors (Lipinski definition) is 5. The molecule has 1 saturated heterocycles. The van der Waals surface area contributed by atoms with Gasteiger partial charge in [-0.1, -0.05) is 0 Å². The lowest BCUT2D eigenvalue weighted by Crippen LogP contribution is -2.29. The lowest BCUT2D eigenvalue weighted by Gasteiger charge is -2.18. The third-order valence-corrected chi connectivity index (χ3v) is 6.30. The highest BCUT2D eigenvalue weighted by molar-refractivity contribution is 5.97. The van der Waals surface area contributed by atoms with Crippen LogP contribution in [0.4, 0.5) is 0 Å².